The smallest absolute Gasteiger partial charge is 0.422 e. The second-order valence-corrected chi connectivity index (χ2v) is 9.36. The number of halogens is 5. The molecule has 0 atom stereocenters. The fourth-order valence-electron chi connectivity index (χ4n) is 2.75. The zero-order chi connectivity index (χ0) is 23.4. The lowest BCUT2D eigenvalue weighted by atomic mass is 10.2. The number of piperazine rings is 1. The van der Waals surface area contributed by atoms with Gasteiger partial charge in [-0.2, -0.15) is 25.9 Å². The summed E-state index contributed by atoms with van der Waals surface area (Å²) in [5.74, 6) is -2.65. The molecule has 1 fully saturated rings. The van der Waals surface area contributed by atoms with Gasteiger partial charge in [-0.25, -0.2) is 13.8 Å². The van der Waals surface area contributed by atoms with Gasteiger partial charge in [-0.3, -0.25) is 4.72 Å². The molecule has 2 aromatic rings. The lowest BCUT2D eigenvalue weighted by Crippen LogP contribution is -2.48. The molecule has 1 saturated heterocycles. The number of alkyl halides is 3. The predicted molar refractivity (Wildman–Crippen MR) is 109 cm³/mol. The van der Waals surface area contributed by atoms with Crippen LogP contribution in [0, 0.1) is 11.6 Å². The highest BCUT2D eigenvalue weighted by Crippen LogP contribution is 2.29. The summed E-state index contributed by atoms with van der Waals surface area (Å²) in [7, 11) is -3.97. The van der Waals surface area contributed by atoms with Gasteiger partial charge in [0, 0.05) is 43.6 Å². The Bertz CT molecular complexity index is 1050. The molecule has 1 aliphatic heterocycles. The van der Waals surface area contributed by atoms with Gasteiger partial charge in [0.25, 0.3) is 0 Å². The molecule has 0 aliphatic carbocycles. The summed E-state index contributed by atoms with van der Waals surface area (Å²) in [6.07, 6.45) is -4.63. The van der Waals surface area contributed by atoms with E-state index in [2.05, 4.69) is 19.8 Å². The van der Waals surface area contributed by atoms with Crippen molar-refractivity contribution in [3.8, 4) is 5.88 Å². The third-order valence-corrected chi connectivity index (χ3v) is 6.73. The van der Waals surface area contributed by atoms with E-state index >= 15 is 0 Å². The first-order valence-corrected chi connectivity index (χ1v) is 11.7. The van der Waals surface area contributed by atoms with Gasteiger partial charge in [-0.1, -0.05) is 12.1 Å². The number of pyridine rings is 1. The van der Waals surface area contributed by atoms with Gasteiger partial charge in [-0.05, 0) is 12.1 Å². The quantitative estimate of drug-likeness (QED) is 0.430. The number of hydrogen-bond acceptors (Lipinski definition) is 6. The Labute approximate surface area is 185 Å². The molecular formula is C18H19F5N4O3S2. The molecule has 0 amide bonds. The van der Waals surface area contributed by atoms with Crippen molar-refractivity contribution in [3.05, 3.63) is 47.5 Å². The maximum absolute atomic E-state index is 13.9. The first kappa shape index (κ1) is 24.5. The van der Waals surface area contributed by atoms with Crippen LogP contribution >= 0.6 is 11.8 Å². The van der Waals surface area contributed by atoms with E-state index in [1.807, 2.05) is 0 Å². The molecule has 0 saturated carbocycles. The van der Waals surface area contributed by atoms with Crippen LogP contribution < -0.4 is 14.8 Å². The summed E-state index contributed by atoms with van der Waals surface area (Å²) in [6.45, 7) is -0.276. The van der Waals surface area contributed by atoms with Crippen LogP contribution in [0.15, 0.2) is 35.4 Å². The molecule has 0 spiro atoms. The monoisotopic (exact) mass is 498 g/mol. The second-order valence-electron chi connectivity index (χ2n) is 6.69. The van der Waals surface area contributed by atoms with E-state index in [-0.39, 0.29) is 35.1 Å². The highest BCUT2D eigenvalue weighted by molar-refractivity contribution is 7.98. The number of rotatable bonds is 8. The van der Waals surface area contributed by atoms with Crippen LogP contribution in [0.4, 0.5) is 27.6 Å². The maximum atomic E-state index is 13.9. The topological polar surface area (TPSA) is 83.6 Å². The lowest BCUT2D eigenvalue weighted by molar-refractivity contribution is -0.154. The van der Waals surface area contributed by atoms with Crippen LogP contribution in [0.2, 0.25) is 0 Å². The van der Waals surface area contributed by atoms with Crippen molar-refractivity contribution < 1.29 is 35.1 Å². The Kier molecular flexibility index (Phi) is 7.79. The van der Waals surface area contributed by atoms with Crippen LogP contribution in [0.5, 0.6) is 5.88 Å². The van der Waals surface area contributed by atoms with Crippen molar-refractivity contribution in [3.63, 3.8) is 0 Å². The number of anilines is 1. The molecule has 2 N–H and O–H groups in total. The van der Waals surface area contributed by atoms with E-state index in [0.717, 1.165) is 23.9 Å². The van der Waals surface area contributed by atoms with Gasteiger partial charge in [0.2, 0.25) is 5.88 Å². The van der Waals surface area contributed by atoms with Crippen LogP contribution in [-0.2, 0) is 16.0 Å². The Balaban J connectivity index is 1.82. The molecule has 1 aliphatic rings. The average molecular weight is 498 g/mol. The van der Waals surface area contributed by atoms with Gasteiger partial charge in [-0.15, -0.1) is 11.8 Å². The summed E-state index contributed by atoms with van der Waals surface area (Å²) in [5.41, 5.74) is -0.0562. The Morgan fingerprint density at radius 1 is 1.19 bits per heavy atom. The molecule has 176 valence electrons. The van der Waals surface area contributed by atoms with Crippen molar-refractivity contribution >= 4 is 27.7 Å². The number of nitrogens with one attached hydrogen (secondary N) is 2. The molecule has 1 aromatic heterocycles. The third-order valence-electron chi connectivity index (χ3n) is 4.23. The van der Waals surface area contributed by atoms with Crippen molar-refractivity contribution in [1.29, 1.82) is 0 Å². The first-order valence-electron chi connectivity index (χ1n) is 9.29. The zero-order valence-electron chi connectivity index (χ0n) is 16.5. The third kappa shape index (κ3) is 6.92. The normalized spacial score (nSPS) is 15.5. The van der Waals surface area contributed by atoms with Crippen LogP contribution in [-0.4, -0.2) is 56.7 Å². The maximum Gasteiger partial charge on any atom is 0.422 e. The number of ether oxygens (including phenoxy) is 1. The fourth-order valence-corrected chi connectivity index (χ4v) is 4.85. The highest BCUT2D eigenvalue weighted by Gasteiger charge is 2.29. The Hall–Kier alpha value is -2.16. The van der Waals surface area contributed by atoms with Gasteiger partial charge >= 0.3 is 16.4 Å². The zero-order valence-corrected chi connectivity index (χ0v) is 18.1. The van der Waals surface area contributed by atoms with Crippen LogP contribution in [0.3, 0.4) is 0 Å². The van der Waals surface area contributed by atoms with Crippen molar-refractivity contribution in [1.82, 2.24) is 14.6 Å². The molecule has 7 nitrogen and oxygen atoms in total. The minimum atomic E-state index is -4.63. The van der Waals surface area contributed by atoms with E-state index in [0.29, 0.717) is 13.1 Å². The minimum absolute atomic E-state index is 0.0151. The molecule has 32 heavy (non-hydrogen) atoms. The molecule has 2 heterocycles. The van der Waals surface area contributed by atoms with Gasteiger partial charge in [0.15, 0.2) is 18.2 Å². The van der Waals surface area contributed by atoms with Crippen LogP contribution in [0.1, 0.15) is 5.56 Å². The number of aromatic nitrogens is 1. The van der Waals surface area contributed by atoms with E-state index in [1.165, 1.54) is 22.5 Å². The van der Waals surface area contributed by atoms with E-state index in [1.54, 1.807) is 0 Å². The average Bonchev–Trinajstić information content (AvgIpc) is 2.73. The summed E-state index contributed by atoms with van der Waals surface area (Å²) < 4.78 is 98.3. The van der Waals surface area contributed by atoms with Gasteiger partial charge < -0.3 is 10.1 Å². The summed E-state index contributed by atoms with van der Waals surface area (Å²) in [5, 5.41) is 3.07. The standard InChI is InChI=1S/C18H19F5N4O3S2/c19-14-3-1-2-12(17(14)20)10-31-16-9-13(8-15(25-16)30-11-18(21,22)23)26-32(28,29)27-6-4-24-5-7-27/h1-3,8-9,24H,4-7,10-11H2,(H,25,26). The van der Waals surface area contributed by atoms with E-state index < -0.39 is 40.5 Å². The lowest BCUT2D eigenvalue weighted by Gasteiger charge is -2.27. The second kappa shape index (κ2) is 10.2. The van der Waals surface area contributed by atoms with Gasteiger partial charge in [0.05, 0.1) is 5.69 Å². The summed E-state index contributed by atoms with van der Waals surface area (Å²) in [6, 6.07) is 5.93. The number of nitrogens with zero attached hydrogens (tertiary/aromatic N) is 2. The molecular weight excluding hydrogens is 479 g/mol. The Morgan fingerprint density at radius 2 is 1.91 bits per heavy atom. The Morgan fingerprint density at radius 3 is 2.59 bits per heavy atom. The fraction of sp³-hybridized carbons (Fsp3) is 0.389. The molecule has 0 unspecified atom stereocenters. The summed E-state index contributed by atoms with van der Waals surface area (Å²) in [4.78, 5) is 3.91. The van der Waals surface area contributed by atoms with E-state index in [9.17, 15) is 30.4 Å². The highest BCUT2D eigenvalue weighted by atomic mass is 32.2. The molecule has 0 radical (unpaired) electrons. The van der Waals surface area contributed by atoms with E-state index in [4.69, 9.17) is 0 Å². The predicted octanol–water partition coefficient (Wildman–Crippen LogP) is 3.16. The van der Waals surface area contributed by atoms with Crippen molar-refractivity contribution in [2.24, 2.45) is 0 Å². The molecule has 3 rings (SSSR count). The molecule has 1 aromatic carbocycles. The largest absolute Gasteiger partial charge is 0.468 e. The number of thioether (sulfide) groups is 1. The van der Waals surface area contributed by atoms with Crippen molar-refractivity contribution in [2.45, 2.75) is 17.0 Å². The van der Waals surface area contributed by atoms with Crippen LogP contribution in [0.25, 0.3) is 0 Å². The van der Waals surface area contributed by atoms with Gasteiger partial charge in [0.1, 0.15) is 5.03 Å². The minimum Gasteiger partial charge on any atom is -0.468 e. The molecule has 14 heteroatoms. The first-order chi connectivity index (χ1) is 15.0. The number of hydrogen-bond donors (Lipinski definition) is 2. The molecule has 0 bridgehead atoms. The number of benzene rings is 1. The SMILES string of the molecule is O=S(=O)(Nc1cc(OCC(F)(F)F)nc(SCc2cccc(F)c2F)c1)N1CCNCC1. The summed E-state index contributed by atoms with van der Waals surface area (Å²) >= 11 is 0.882. The van der Waals surface area contributed by atoms with Crippen molar-refractivity contribution in [2.75, 3.05) is 37.5 Å².